The van der Waals surface area contributed by atoms with Crippen LogP contribution in [0.5, 0.6) is 0 Å². The predicted octanol–water partition coefficient (Wildman–Crippen LogP) is 1.14. The standard InChI is InChI=1S/C21H29N7O2S/c1-16-5-6-18(17(2)13-16)28-21(22-23-24-28)31-15-20(30)27-11-9-25(10-12-27)14-19(29)26-7-3-4-8-26/h5-6,13H,3-4,7-12,14-15H2,1-2H3. The van der Waals surface area contributed by atoms with E-state index < -0.39 is 0 Å². The Labute approximate surface area is 186 Å². The van der Waals surface area contributed by atoms with Gasteiger partial charge in [0.2, 0.25) is 17.0 Å². The van der Waals surface area contributed by atoms with Gasteiger partial charge in [-0.3, -0.25) is 14.5 Å². The molecule has 2 aromatic rings. The smallest absolute Gasteiger partial charge is 0.236 e. The van der Waals surface area contributed by atoms with Crippen molar-refractivity contribution in [3.8, 4) is 5.69 Å². The Hall–Kier alpha value is -2.46. The fourth-order valence-electron chi connectivity index (χ4n) is 4.09. The van der Waals surface area contributed by atoms with Crippen LogP contribution in [0.1, 0.15) is 24.0 Å². The molecule has 1 aromatic carbocycles. The lowest BCUT2D eigenvalue weighted by Crippen LogP contribution is -2.51. The Kier molecular flexibility index (Phi) is 6.86. The van der Waals surface area contributed by atoms with Gasteiger partial charge in [-0.15, -0.1) is 5.10 Å². The average Bonchev–Trinajstić information content (AvgIpc) is 3.45. The zero-order valence-electron chi connectivity index (χ0n) is 18.2. The number of tetrazole rings is 1. The van der Waals surface area contributed by atoms with Crippen LogP contribution in [0.2, 0.25) is 0 Å². The number of hydrogen-bond acceptors (Lipinski definition) is 7. The van der Waals surface area contributed by atoms with E-state index in [0.717, 1.165) is 50.3 Å². The number of likely N-dealkylation sites (tertiary alicyclic amines) is 1. The Morgan fingerprint density at radius 2 is 1.68 bits per heavy atom. The van der Waals surface area contributed by atoms with Crippen LogP contribution in [-0.2, 0) is 9.59 Å². The summed E-state index contributed by atoms with van der Waals surface area (Å²) in [6.07, 6.45) is 2.22. The molecule has 4 rings (SSSR count). The molecule has 0 N–H and O–H groups in total. The molecule has 0 spiro atoms. The molecule has 0 bridgehead atoms. The van der Waals surface area contributed by atoms with E-state index in [9.17, 15) is 9.59 Å². The van der Waals surface area contributed by atoms with Gasteiger partial charge in [0.1, 0.15) is 0 Å². The third kappa shape index (κ3) is 5.24. The summed E-state index contributed by atoms with van der Waals surface area (Å²) in [5, 5.41) is 12.6. The second kappa shape index (κ2) is 9.78. The molecule has 2 fully saturated rings. The highest BCUT2D eigenvalue weighted by Gasteiger charge is 2.25. The van der Waals surface area contributed by atoms with Crippen LogP contribution in [0.4, 0.5) is 0 Å². The molecule has 0 radical (unpaired) electrons. The van der Waals surface area contributed by atoms with Crippen LogP contribution < -0.4 is 0 Å². The Morgan fingerprint density at radius 1 is 0.968 bits per heavy atom. The zero-order valence-corrected chi connectivity index (χ0v) is 19.0. The normalized spacial score (nSPS) is 17.4. The molecule has 2 aliphatic heterocycles. The Bertz CT molecular complexity index is 934. The van der Waals surface area contributed by atoms with Crippen LogP contribution >= 0.6 is 11.8 Å². The second-order valence-corrected chi connectivity index (χ2v) is 9.14. The van der Waals surface area contributed by atoms with E-state index in [4.69, 9.17) is 0 Å². The third-order valence-corrected chi connectivity index (χ3v) is 6.79. The number of piperazine rings is 1. The summed E-state index contributed by atoms with van der Waals surface area (Å²) in [6.45, 7) is 9.06. The van der Waals surface area contributed by atoms with Crippen molar-refractivity contribution in [3.05, 3.63) is 29.3 Å². The number of rotatable bonds is 6. The van der Waals surface area contributed by atoms with E-state index in [1.807, 2.05) is 35.8 Å². The number of carbonyl (C=O) groups excluding carboxylic acids is 2. The van der Waals surface area contributed by atoms with Crippen molar-refractivity contribution in [3.63, 3.8) is 0 Å². The van der Waals surface area contributed by atoms with Crippen molar-refractivity contribution < 1.29 is 9.59 Å². The van der Waals surface area contributed by atoms with Crippen LogP contribution in [0.15, 0.2) is 23.4 Å². The van der Waals surface area contributed by atoms with Crippen molar-refractivity contribution in [2.24, 2.45) is 0 Å². The van der Waals surface area contributed by atoms with Crippen LogP contribution in [-0.4, -0.2) is 98.3 Å². The van der Waals surface area contributed by atoms with Crippen molar-refractivity contribution in [2.45, 2.75) is 31.8 Å². The van der Waals surface area contributed by atoms with Gasteiger partial charge < -0.3 is 9.80 Å². The average molecular weight is 444 g/mol. The quantitative estimate of drug-likeness (QED) is 0.619. The molecule has 1 aromatic heterocycles. The van der Waals surface area contributed by atoms with Gasteiger partial charge in [-0.05, 0) is 48.7 Å². The molecule has 2 aliphatic rings. The van der Waals surface area contributed by atoms with Gasteiger partial charge in [0.25, 0.3) is 0 Å². The van der Waals surface area contributed by atoms with Crippen molar-refractivity contribution in [1.82, 2.24) is 34.9 Å². The van der Waals surface area contributed by atoms with Gasteiger partial charge in [-0.2, -0.15) is 4.68 Å². The fourth-order valence-corrected chi connectivity index (χ4v) is 4.88. The van der Waals surface area contributed by atoms with Gasteiger partial charge in [-0.25, -0.2) is 0 Å². The summed E-state index contributed by atoms with van der Waals surface area (Å²) in [7, 11) is 0. The van der Waals surface area contributed by atoms with Crippen LogP contribution in [0, 0.1) is 13.8 Å². The molecular formula is C21H29N7O2S. The number of amides is 2. The summed E-state index contributed by atoms with van der Waals surface area (Å²) < 4.78 is 1.69. The van der Waals surface area contributed by atoms with E-state index in [2.05, 4.69) is 26.5 Å². The van der Waals surface area contributed by atoms with Crippen molar-refractivity contribution in [1.29, 1.82) is 0 Å². The SMILES string of the molecule is Cc1ccc(-n2nnnc2SCC(=O)N2CCN(CC(=O)N3CCCC3)CC2)c(C)c1. The first-order valence-electron chi connectivity index (χ1n) is 10.8. The van der Waals surface area contributed by atoms with Crippen LogP contribution in [0.3, 0.4) is 0 Å². The molecule has 31 heavy (non-hydrogen) atoms. The van der Waals surface area contributed by atoms with E-state index in [0.29, 0.717) is 24.8 Å². The summed E-state index contributed by atoms with van der Waals surface area (Å²) in [6, 6.07) is 6.11. The number of carbonyl (C=O) groups is 2. The number of nitrogens with zero attached hydrogens (tertiary/aromatic N) is 7. The number of benzene rings is 1. The Morgan fingerprint density at radius 3 is 2.39 bits per heavy atom. The number of thioether (sulfide) groups is 1. The lowest BCUT2D eigenvalue weighted by atomic mass is 10.1. The van der Waals surface area contributed by atoms with Gasteiger partial charge in [0.15, 0.2) is 0 Å². The highest BCUT2D eigenvalue weighted by Crippen LogP contribution is 2.22. The predicted molar refractivity (Wildman–Crippen MR) is 118 cm³/mol. The van der Waals surface area contributed by atoms with Gasteiger partial charge >= 0.3 is 0 Å². The molecule has 2 saturated heterocycles. The monoisotopic (exact) mass is 443 g/mol. The minimum atomic E-state index is 0.0747. The Balaban J connectivity index is 1.27. The summed E-state index contributed by atoms with van der Waals surface area (Å²) >= 11 is 1.35. The van der Waals surface area contributed by atoms with E-state index >= 15 is 0 Å². The van der Waals surface area contributed by atoms with Gasteiger partial charge in [0.05, 0.1) is 18.0 Å². The third-order valence-electron chi connectivity index (χ3n) is 5.89. The maximum Gasteiger partial charge on any atom is 0.236 e. The molecule has 0 atom stereocenters. The molecule has 0 aliphatic carbocycles. The van der Waals surface area contributed by atoms with E-state index in [1.54, 1.807) is 4.68 Å². The zero-order chi connectivity index (χ0) is 21.8. The first kappa shape index (κ1) is 21.8. The maximum atomic E-state index is 12.7. The largest absolute Gasteiger partial charge is 0.342 e. The molecule has 2 amide bonds. The summed E-state index contributed by atoms with van der Waals surface area (Å²) in [5.74, 6) is 0.578. The number of aromatic nitrogens is 4. The topological polar surface area (TPSA) is 87.5 Å². The number of aryl methyl sites for hydroxylation is 2. The first-order chi connectivity index (χ1) is 15.0. The molecule has 0 unspecified atom stereocenters. The second-order valence-electron chi connectivity index (χ2n) is 8.20. The fraction of sp³-hybridized carbons (Fsp3) is 0.571. The molecule has 9 nitrogen and oxygen atoms in total. The minimum Gasteiger partial charge on any atom is -0.342 e. The van der Waals surface area contributed by atoms with Gasteiger partial charge in [-0.1, -0.05) is 29.5 Å². The van der Waals surface area contributed by atoms with Gasteiger partial charge in [0, 0.05) is 39.3 Å². The summed E-state index contributed by atoms with van der Waals surface area (Å²) in [4.78, 5) is 31.0. The molecular weight excluding hydrogens is 414 g/mol. The molecule has 0 saturated carbocycles. The van der Waals surface area contributed by atoms with Crippen molar-refractivity contribution in [2.75, 3.05) is 51.6 Å². The highest BCUT2D eigenvalue weighted by atomic mass is 32.2. The van der Waals surface area contributed by atoms with E-state index in [-0.39, 0.29) is 17.6 Å². The molecule has 10 heteroatoms. The van der Waals surface area contributed by atoms with E-state index in [1.165, 1.54) is 17.3 Å². The highest BCUT2D eigenvalue weighted by molar-refractivity contribution is 7.99. The summed E-state index contributed by atoms with van der Waals surface area (Å²) in [5.41, 5.74) is 3.18. The van der Waals surface area contributed by atoms with Crippen molar-refractivity contribution >= 4 is 23.6 Å². The lowest BCUT2D eigenvalue weighted by molar-refractivity contribution is -0.133. The lowest BCUT2D eigenvalue weighted by Gasteiger charge is -2.35. The first-order valence-corrected chi connectivity index (χ1v) is 11.8. The van der Waals surface area contributed by atoms with Crippen LogP contribution in [0.25, 0.3) is 5.69 Å². The maximum absolute atomic E-state index is 12.7. The molecule has 166 valence electrons. The minimum absolute atomic E-state index is 0.0747. The molecule has 3 heterocycles. The number of hydrogen-bond donors (Lipinski definition) is 0.